The maximum atomic E-state index is 12.3. The van der Waals surface area contributed by atoms with Crippen molar-refractivity contribution in [3.8, 4) is 6.19 Å². The van der Waals surface area contributed by atoms with Crippen molar-refractivity contribution in [2.24, 2.45) is 10.9 Å². The van der Waals surface area contributed by atoms with Gasteiger partial charge in [-0.05, 0) is 43.7 Å². The zero-order valence-corrected chi connectivity index (χ0v) is 13.7. The third-order valence-electron chi connectivity index (χ3n) is 3.87. The first-order valence-electron chi connectivity index (χ1n) is 7.34. The van der Waals surface area contributed by atoms with E-state index in [9.17, 15) is 4.79 Å². The van der Waals surface area contributed by atoms with Crippen molar-refractivity contribution < 1.29 is 4.79 Å². The fraction of sp³-hybridized carbons (Fsp3) is 0.438. The predicted octanol–water partition coefficient (Wildman–Crippen LogP) is 3.54. The molecule has 2 rings (SSSR count). The van der Waals surface area contributed by atoms with E-state index in [1.165, 1.54) is 11.8 Å². The van der Waals surface area contributed by atoms with Gasteiger partial charge in [-0.1, -0.05) is 30.7 Å². The smallest absolute Gasteiger partial charge is 0.227 e. The Morgan fingerprint density at radius 2 is 2.14 bits per heavy atom. The Morgan fingerprint density at radius 3 is 2.77 bits per heavy atom. The van der Waals surface area contributed by atoms with Crippen LogP contribution in [-0.4, -0.2) is 17.3 Å². The van der Waals surface area contributed by atoms with Crippen molar-refractivity contribution in [2.75, 3.05) is 11.6 Å². The number of thioether (sulfide) groups is 1. The zero-order chi connectivity index (χ0) is 15.9. The van der Waals surface area contributed by atoms with Crippen LogP contribution in [0, 0.1) is 24.3 Å². The van der Waals surface area contributed by atoms with Crippen LogP contribution in [0.5, 0.6) is 0 Å². The topological polar surface area (TPSA) is 77.3 Å². The lowest BCUT2D eigenvalue weighted by atomic mass is 10.1. The molecule has 1 aliphatic carbocycles. The van der Waals surface area contributed by atoms with E-state index in [4.69, 9.17) is 5.26 Å². The monoisotopic (exact) mass is 316 g/mol. The Balaban J connectivity index is 2.18. The molecule has 0 atom stereocenters. The summed E-state index contributed by atoms with van der Waals surface area (Å²) in [6, 6.07) is 5.62. The summed E-state index contributed by atoms with van der Waals surface area (Å²) in [6.07, 6.45) is 7.95. The summed E-state index contributed by atoms with van der Waals surface area (Å²) in [6.45, 7) is 1.92. The molecule has 1 amide bonds. The van der Waals surface area contributed by atoms with Gasteiger partial charge in [0, 0.05) is 11.6 Å². The first-order valence-corrected chi connectivity index (χ1v) is 8.56. The van der Waals surface area contributed by atoms with Crippen molar-refractivity contribution in [1.82, 2.24) is 5.32 Å². The Hall–Kier alpha value is -2.00. The molecular formula is C16H20N4OS. The quantitative estimate of drug-likeness (QED) is 0.387. The minimum absolute atomic E-state index is 0.0990. The van der Waals surface area contributed by atoms with Gasteiger partial charge in [0.05, 0.1) is 5.69 Å². The highest BCUT2D eigenvalue weighted by Crippen LogP contribution is 2.29. The number of amidine groups is 1. The molecule has 1 aliphatic rings. The van der Waals surface area contributed by atoms with Crippen LogP contribution < -0.4 is 10.6 Å². The van der Waals surface area contributed by atoms with Gasteiger partial charge >= 0.3 is 0 Å². The molecular weight excluding hydrogens is 296 g/mol. The molecule has 0 spiro atoms. The molecule has 0 aliphatic heterocycles. The summed E-state index contributed by atoms with van der Waals surface area (Å²) in [5.74, 6) is 0.232. The minimum Gasteiger partial charge on any atom is -0.326 e. The molecule has 1 saturated carbocycles. The Bertz CT molecular complexity index is 615. The van der Waals surface area contributed by atoms with E-state index in [1.54, 1.807) is 0 Å². The fourth-order valence-corrected chi connectivity index (χ4v) is 2.92. The molecule has 1 aromatic carbocycles. The van der Waals surface area contributed by atoms with Crippen LogP contribution in [0.3, 0.4) is 0 Å². The minimum atomic E-state index is 0.0990. The van der Waals surface area contributed by atoms with Gasteiger partial charge in [0.1, 0.15) is 0 Å². The Morgan fingerprint density at radius 1 is 1.41 bits per heavy atom. The molecule has 1 aromatic rings. The molecule has 0 heterocycles. The second kappa shape index (κ2) is 7.85. The number of nitrogens with zero attached hydrogens (tertiary/aromatic N) is 2. The van der Waals surface area contributed by atoms with Gasteiger partial charge in [0.15, 0.2) is 11.4 Å². The number of hydrogen-bond acceptors (Lipinski definition) is 4. The summed E-state index contributed by atoms with van der Waals surface area (Å²) >= 11 is 1.37. The van der Waals surface area contributed by atoms with Gasteiger partial charge in [0.25, 0.3) is 0 Å². The number of amides is 1. The molecule has 0 radical (unpaired) electrons. The maximum absolute atomic E-state index is 12.3. The number of aliphatic imine (C=N–C) groups is 1. The standard InChI is InChI=1S/C16H20N4OS/c1-11-13(19-15(21)12-6-3-4-7-12)8-5-9-14(11)20-16(22-2)18-10-17/h5,8-9,12H,3-4,6-7H2,1-2H3,(H,18,20)(H,19,21). The number of carbonyl (C=O) groups is 1. The number of carbonyl (C=O) groups excluding carboxylic acids is 1. The Kier molecular flexibility index (Phi) is 5.84. The third-order valence-corrected chi connectivity index (χ3v) is 4.45. The van der Waals surface area contributed by atoms with Crippen LogP contribution in [0.4, 0.5) is 11.4 Å². The molecule has 0 bridgehead atoms. The lowest BCUT2D eigenvalue weighted by Crippen LogP contribution is -2.20. The fourth-order valence-electron chi connectivity index (χ4n) is 2.58. The molecule has 116 valence electrons. The largest absolute Gasteiger partial charge is 0.326 e. The van der Waals surface area contributed by atoms with Gasteiger partial charge < -0.3 is 5.32 Å². The summed E-state index contributed by atoms with van der Waals surface area (Å²) < 4.78 is 0. The van der Waals surface area contributed by atoms with E-state index < -0.39 is 0 Å². The van der Waals surface area contributed by atoms with Gasteiger partial charge in [-0.2, -0.15) is 5.26 Å². The first-order chi connectivity index (χ1) is 10.7. The summed E-state index contributed by atoms with van der Waals surface area (Å²) in [4.78, 5) is 16.7. The van der Waals surface area contributed by atoms with E-state index >= 15 is 0 Å². The molecule has 2 N–H and O–H groups in total. The summed E-state index contributed by atoms with van der Waals surface area (Å²) in [7, 11) is 0. The number of nitriles is 1. The van der Waals surface area contributed by atoms with Crippen LogP contribution in [0.25, 0.3) is 0 Å². The summed E-state index contributed by atoms with van der Waals surface area (Å²) in [5, 5.41) is 14.8. The second-order valence-corrected chi connectivity index (χ2v) is 6.07. The predicted molar refractivity (Wildman–Crippen MR) is 91.1 cm³/mol. The van der Waals surface area contributed by atoms with Gasteiger partial charge in [-0.3, -0.25) is 10.1 Å². The summed E-state index contributed by atoms with van der Waals surface area (Å²) in [5.41, 5.74) is 2.44. The number of hydrogen-bond donors (Lipinski definition) is 2. The second-order valence-electron chi connectivity index (χ2n) is 5.28. The van der Waals surface area contributed by atoms with Gasteiger partial charge in [-0.15, -0.1) is 0 Å². The number of anilines is 1. The molecule has 0 saturated heterocycles. The molecule has 0 unspecified atom stereocenters. The molecule has 6 heteroatoms. The Labute approximate surface area is 135 Å². The zero-order valence-electron chi connectivity index (χ0n) is 12.8. The molecule has 1 fully saturated rings. The highest BCUT2D eigenvalue weighted by atomic mass is 32.2. The lowest BCUT2D eigenvalue weighted by Gasteiger charge is -2.13. The van der Waals surface area contributed by atoms with E-state index in [0.29, 0.717) is 5.17 Å². The number of nitrogens with one attached hydrogen (secondary N) is 2. The van der Waals surface area contributed by atoms with Crippen molar-refractivity contribution in [3.05, 3.63) is 23.8 Å². The van der Waals surface area contributed by atoms with Gasteiger partial charge in [0.2, 0.25) is 5.91 Å². The maximum Gasteiger partial charge on any atom is 0.227 e. The number of rotatable bonds is 3. The average Bonchev–Trinajstić information content (AvgIpc) is 3.05. The van der Waals surface area contributed by atoms with Crippen LogP contribution in [0.15, 0.2) is 23.2 Å². The highest BCUT2D eigenvalue weighted by Gasteiger charge is 2.23. The number of benzene rings is 1. The van der Waals surface area contributed by atoms with Crippen molar-refractivity contribution in [3.63, 3.8) is 0 Å². The van der Waals surface area contributed by atoms with Crippen molar-refractivity contribution in [2.45, 2.75) is 32.6 Å². The normalized spacial score (nSPS) is 15.4. The van der Waals surface area contributed by atoms with Crippen molar-refractivity contribution >= 4 is 34.2 Å². The average molecular weight is 316 g/mol. The van der Waals surface area contributed by atoms with Crippen LogP contribution in [0.2, 0.25) is 0 Å². The van der Waals surface area contributed by atoms with Crippen LogP contribution in [-0.2, 0) is 4.79 Å². The lowest BCUT2D eigenvalue weighted by molar-refractivity contribution is -0.119. The van der Waals surface area contributed by atoms with Crippen LogP contribution >= 0.6 is 11.8 Å². The van der Waals surface area contributed by atoms with E-state index in [0.717, 1.165) is 42.6 Å². The van der Waals surface area contributed by atoms with E-state index in [-0.39, 0.29) is 11.8 Å². The molecule has 5 nitrogen and oxygen atoms in total. The molecule has 0 aromatic heterocycles. The third kappa shape index (κ3) is 4.01. The highest BCUT2D eigenvalue weighted by molar-refractivity contribution is 8.13. The van der Waals surface area contributed by atoms with Crippen molar-refractivity contribution in [1.29, 1.82) is 5.26 Å². The SMILES string of the molecule is CSC(=Nc1cccc(NC(=O)C2CCCC2)c1C)NC#N. The van der Waals surface area contributed by atoms with Gasteiger partial charge in [-0.25, -0.2) is 4.99 Å². The molecule has 22 heavy (non-hydrogen) atoms. The van der Waals surface area contributed by atoms with E-state index in [2.05, 4.69) is 15.6 Å². The van der Waals surface area contributed by atoms with Crippen LogP contribution in [0.1, 0.15) is 31.2 Å². The first kappa shape index (κ1) is 16.4. The van der Waals surface area contributed by atoms with E-state index in [1.807, 2.05) is 37.6 Å².